The molecule has 2 aliphatic rings. The van der Waals surface area contributed by atoms with Gasteiger partial charge >= 0.3 is 0 Å². The van der Waals surface area contributed by atoms with Crippen LogP contribution in [0.2, 0.25) is 5.02 Å². The molecule has 29 heavy (non-hydrogen) atoms. The number of hydrogen-bond acceptors (Lipinski definition) is 3. The number of benzene rings is 1. The second-order valence-corrected chi connectivity index (χ2v) is 9.62. The molecule has 0 bridgehead atoms. The van der Waals surface area contributed by atoms with Gasteiger partial charge in [-0.2, -0.15) is 0 Å². The van der Waals surface area contributed by atoms with Crippen LogP contribution in [0.25, 0.3) is 0 Å². The van der Waals surface area contributed by atoms with E-state index in [-0.39, 0.29) is 5.91 Å². The molecule has 1 unspecified atom stereocenters. The zero-order chi connectivity index (χ0) is 20.9. The Kier molecular flexibility index (Phi) is 8.00. The van der Waals surface area contributed by atoms with E-state index in [1.165, 1.54) is 12.8 Å². The van der Waals surface area contributed by atoms with E-state index in [1.54, 1.807) is 0 Å². The molecule has 1 saturated carbocycles. The highest BCUT2D eigenvalue weighted by molar-refractivity contribution is 6.30. The molecule has 3 rings (SSSR count). The quantitative estimate of drug-likeness (QED) is 0.626. The van der Waals surface area contributed by atoms with E-state index >= 15 is 0 Å². The number of aliphatic hydroxyl groups is 1. The summed E-state index contributed by atoms with van der Waals surface area (Å²) >= 11 is 6.25. The molecule has 2 fully saturated rings. The average molecular weight is 421 g/mol. The van der Waals surface area contributed by atoms with Crippen molar-refractivity contribution in [1.82, 2.24) is 10.2 Å². The van der Waals surface area contributed by atoms with E-state index in [0.717, 1.165) is 50.9 Å². The summed E-state index contributed by atoms with van der Waals surface area (Å²) < 4.78 is 0. The molecule has 2 N–H and O–H groups in total. The summed E-state index contributed by atoms with van der Waals surface area (Å²) in [6.45, 7) is 7.00. The standard InChI is InChI=1S/C24H37ClN2O2/c1-3-4-14-26-21-10-15-27(16-11-21)23(28)22(19-6-5-7-20(25)17-19)24(29)12-8-18(2)9-13-24/h5-7,17-18,21-22,26,29H,3-4,8-16H2,1-2H3. The third-order valence-electron chi connectivity index (χ3n) is 6.88. The van der Waals surface area contributed by atoms with Crippen LogP contribution in [0.15, 0.2) is 24.3 Å². The molecule has 1 aliphatic heterocycles. The monoisotopic (exact) mass is 420 g/mol. The number of carbonyl (C=O) groups is 1. The Morgan fingerprint density at radius 3 is 2.59 bits per heavy atom. The molecule has 1 saturated heterocycles. The predicted molar refractivity (Wildman–Crippen MR) is 119 cm³/mol. The smallest absolute Gasteiger partial charge is 0.233 e. The van der Waals surface area contributed by atoms with Gasteiger partial charge in [-0.15, -0.1) is 0 Å². The first-order valence-corrected chi connectivity index (χ1v) is 11.8. The summed E-state index contributed by atoms with van der Waals surface area (Å²) in [4.78, 5) is 15.6. The molecule has 1 aromatic rings. The molecular weight excluding hydrogens is 384 g/mol. The van der Waals surface area contributed by atoms with Gasteiger partial charge in [-0.05, 0) is 75.1 Å². The number of rotatable bonds is 7. The summed E-state index contributed by atoms with van der Waals surface area (Å²) in [5.41, 5.74) is -0.132. The number of halogens is 1. The SMILES string of the molecule is CCCCNC1CCN(C(=O)C(c2cccc(Cl)c2)C2(O)CCC(C)CC2)CC1. The molecule has 0 aromatic heterocycles. The minimum absolute atomic E-state index is 0.0660. The van der Waals surface area contributed by atoms with Crippen LogP contribution >= 0.6 is 11.6 Å². The van der Waals surface area contributed by atoms with Gasteiger partial charge in [-0.25, -0.2) is 0 Å². The lowest BCUT2D eigenvalue weighted by atomic mass is 9.69. The fourth-order valence-electron chi connectivity index (χ4n) is 4.89. The molecule has 5 heteroatoms. The van der Waals surface area contributed by atoms with Crippen molar-refractivity contribution in [2.24, 2.45) is 5.92 Å². The maximum absolute atomic E-state index is 13.7. The molecule has 1 aliphatic carbocycles. The second-order valence-electron chi connectivity index (χ2n) is 9.18. The number of amides is 1. The largest absolute Gasteiger partial charge is 0.389 e. The molecule has 1 aromatic carbocycles. The Labute approximate surface area is 181 Å². The zero-order valence-corrected chi connectivity index (χ0v) is 18.8. The van der Waals surface area contributed by atoms with Gasteiger partial charge in [0.1, 0.15) is 0 Å². The van der Waals surface area contributed by atoms with Gasteiger partial charge in [0, 0.05) is 24.2 Å². The first-order valence-electron chi connectivity index (χ1n) is 11.4. The maximum atomic E-state index is 13.7. The third-order valence-corrected chi connectivity index (χ3v) is 7.11. The number of likely N-dealkylation sites (tertiary alicyclic amines) is 1. The molecule has 4 nitrogen and oxygen atoms in total. The van der Waals surface area contributed by atoms with E-state index in [4.69, 9.17) is 11.6 Å². The fourth-order valence-corrected chi connectivity index (χ4v) is 5.09. The molecule has 1 atom stereocenters. The summed E-state index contributed by atoms with van der Waals surface area (Å²) in [6, 6.07) is 8.01. The van der Waals surface area contributed by atoms with Gasteiger partial charge in [0.2, 0.25) is 5.91 Å². The van der Waals surface area contributed by atoms with Crippen LogP contribution in [0.5, 0.6) is 0 Å². The Morgan fingerprint density at radius 1 is 1.28 bits per heavy atom. The van der Waals surface area contributed by atoms with Crippen molar-refractivity contribution in [3.05, 3.63) is 34.9 Å². The van der Waals surface area contributed by atoms with Crippen LogP contribution in [-0.2, 0) is 4.79 Å². The number of carbonyl (C=O) groups excluding carboxylic acids is 1. The van der Waals surface area contributed by atoms with Crippen LogP contribution in [0.4, 0.5) is 0 Å². The van der Waals surface area contributed by atoms with Gasteiger partial charge in [-0.1, -0.05) is 44.0 Å². The minimum atomic E-state index is -0.982. The summed E-state index contributed by atoms with van der Waals surface area (Å²) in [6.07, 6.45) is 7.62. The zero-order valence-electron chi connectivity index (χ0n) is 18.0. The number of unbranched alkanes of at least 4 members (excludes halogenated alkanes) is 1. The van der Waals surface area contributed by atoms with Gasteiger partial charge in [0.15, 0.2) is 0 Å². The van der Waals surface area contributed by atoms with Crippen molar-refractivity contribution >= 4 is 17.5 Å². The number of piperidine rings is 1. The molecule has 162 valence electrons. The predicted octanol–water partition coefficient (Wildman–Crippen LogP) is 4.75. The number of nitrogens with zero attached hydrogens (tertiary/aromatic N) is 1. The van der Waals surface area contributed by atoms with Crippen molar-refractivity contribution in [2.75, 3.05) is 19.6 Å². The topological polar surface area (TPSA) is 52.6 Å². The molecular formula is C24H37ClN2O2. The molecule has 1 heterocycles. The van der Waals surface area contributed by atoms with E-state index in [0.29, 0.717) is 29.8 Å². The second kappa shape index (κ2) is 10.3. The van der Waals surface area contributed by atoms with Crippen molar-refractivity contribution in [2.45, 2.75) is 82.8 Å². The average Bonchev–Trinajstić information content (AvgIpc) is 2.71. The van der Waals surface area contributed by atoms with Crippen LogP contribution in [0.3, 0.4) is 0 Å². The highest BCUT2D eigenvalue weighted by atomic mass is 35.5. The van der Waals surface area contributed by atoms with Crippen LogP contribution in [0.1, 0.15) is 76.7 Å². The van der Waals surface area contributed by atoms with Crippen molar-refractivity contribution in [1.29, 1.82) is 0 Å². The van der Waals surface area contributed by atoms with Gasteiger partial charge in [0.25, 0.3) is 0 Å². The van der Waals surface area contributed by atoms with Crippen molar-refractivity contribution in [3.63, 3.8) is 0 Å². The molecule has 0 radical (unpaired) electrons. The highest BCUT2D eigenvalue weighted by Gasteiger charge is 2.46. The Morgan fingerprint density at radius 2 is 1.97 bits per heavy atom. The summed E-state index contributed by atoms with van der Waals surface area (Å²) in [5.74, 6) is 0.143. The van der Waals surface area contributed by atoms with Gasteiger partial charge in [0.05, 0.1) is 11.5 Å². The van der Waals surface area contributed by atoms with E-state index in [2.05, 4.69) is 19.2 Å². The van der Waals surface area contributed by atoms with Crippen LogP contribution < -0.4 is 5.32 Å². The Balaban J connectivity index is 1.74. The third kappa shape index (κ3) is 5.74. The maximum Gasteiger partial charge on any atom is 0.233 e. The van der Waals surface area contributed by atoms with Gasteiger partial charge < -0.3 is 15.3 Å². The van der Waals surface area contributed by atoms with Crippen LogP contribution in [-0.4, -0.2) is 47.2 Å². The Bertz CT molecular complexity index is 665. The first kappa shape index (κ1) is 22.6. The number of nitrogens with one attached hydrogen (secondary N) is 1. The van der Waals surface area contributed by atoms with Gasteiger partial charge in [-0.3, -0.25) is 4.79 Å². The summed E-state index contributed by atoms with van der Waals surface area (Å²) in [5, 5.41) is 15.8. The molecule has 1 amide bonds. The van der Waals surface area contributed by atoms with Crippen LogP contribution in [0, 0.1) is 5.92 Å². The normalized spacial score (nSPS) is 27.0. The lowest BCUT2D eigenvalue weighted by Crippen LogP contribution is -2.52. The highest BCUT2D eigenvalue weighted by Crippen LogP contribution is 2.43. The van der Waals surface area contributed by atoms with E-state index < -0.39 is 11.5 Å². The van der Waals surface area contributed by atoms with E-state index in [1.807, 2.05) is 29.2 Å². The van der Waals surface area contributed by atoms with Crippen molar-refractivity contribution in [3.8, 4) is 0 Å². The fraction of sp³-hybridized carbons (Fsp3) is 0.708. The lowest BCUT2D eigenvalue weighted by molar-refractivity contribution is -0.143. The lowest BCUT2D eigenvalue weighted by Gasteiger charge is -2.43. The van der Waals surface area contributed by atoms with Crippen molar-refractivity contribution < 1.29 is 9.90 Å². The summed E-state index contributed by atoms with van der Waals surface area (Å²) in [7, 11) is 0. The number of hydrogen-bond donors (Lipinski definition) is 2. The molecule has 0 spiro atoms. The Hall–Kier alpha value is -1.10. The van der Waals surface area contributed by atoms with E-state index in [9.17, 15) is 9.90 Å². The first-order chi connectivity index (χ1) is 13.9. The minimum Gasteiger partial charge on any atom is -0.389 e.